The van der Waals surface area contributed by atoms with Crippen molar-refractivity contribution < 1.29 is 14.8 Å². The Kier molecular flexibility index (Phi) is 5.21. The molecule has 1 amide bonds. The van der Waals surface area contributed by atoms with E-state index in [0.717, 1.165) is 15.9 Å². The van der Waals surface area contributed by atoms with Gasteiger partial charge in [0.15, 0.2) is 18.1 Å². The van der Waals surface area contributed by atoms with Gasteiger partial charge in [-0.25, -0.2) is 4.98 Å². The molecule has 0 radical (unpaired) electrons. The molecule has 0 aliphatic carbocycles. The zero-order valence-corrected chi connectivity index (χ0v) is 14.3. The molecule has 1 unspecified atom stereocenters. The molecule has 0 aliphatic heterocycles. The Bertz CT molecular complexity index is 783. The van der Waals surface area contributed by atoms with Crippen molar-refractivity contribution in [2.24, 2.45) is 0 Å². The van der Waals surface area contributed by atoms with Gasteiger partial charge in [0.1, 0.15) is 17.7 Å². The molecular formula is C17H22N5O2+. The highest BCUT2D eigenvalue weighted by molar-refractivity contribution is 5.83. The maximum absolute atomic E-state index is 11.8. The first-order valence-electron chi connectivity index (χ1n) is 7.66. The second-order valence-corrected chi connectivity index (χ2v) is 6.01. The summed E-state index contributed by atoms with van der Waals surface area (Å²) < 4.78 is 0. The molecular weight excluding hydrogens is 306 g/mol. The number of para-hydroxylation sites is 2. The summed E-state index contributed by atoms with van der Waals surface area (Å²) in [5, 5.41) is 20.0. The minimum Gasteiger partial charge on any atom is -0.505 e. The van der Waals surface area contributed by atoms with Crippen LogP contribution in [0.4, 0.5) is 0 Å². The van der Waals surface area contributed by atoms with E-state index in [1.54, 1.807) is 28.1 Å². The number of benzene rings is 1. The van der Waals surface area contributed by atoms with Crippen LogP contribution in [0.3, 0.4) is 0 Å². The standard InChI is InChI=1S/C17H21N5O2/c1-11(22(4)10-15(23)21(2)3)16(24)12(9-18)17-19-13-7-5-6-8-14(13)20-17/h5-8,11,24H,10H2,1-4H3,(H,19,20)/p+1/b16-12-/t11-/m0/s1. The van der Waals surface area contributed by atoms with E-state index in [9.17, 15) is 15.2 Å². The van der Waals surface area contributed by atoms with Crippen LogP contribution in [0.25, 0.3) is 16.6 Å². The Morgan fingerprint density at radius 2 is 2.12 bits per heavy atom. The highest BCUT2D eigenvalue weighted by Crippen LogP contribution is 2.19. The molecule has 0 spiro atoms. The van der Waals surface area contributed by atoms with Crippen molar-refractivity contribution >= 4 is 22.5 Å². The molecule has 0 fully saturated rings. The molecule has 0 aliphatic rings. The van der Waals surface area contributed by atoms with Crippen molar-refractivity contribution in [3.8, 4) is 6.07 Å². The molecule has 0 bridgehead atoms. The minimum absolute atomic E-state index is 0.0469. The second kappa shape index (κ2) is 7.15. The Balaban J connectivity index is 2.32. The number of hydrogen-bond acceptors (Lipinski definition) is 4. The van der Waals surface area contributed by atoms with Gasteiger partial charge in [-0.2, -0.15) is 5.26 Å². The molecule has 126 valence electrons. The van der Waals surface area contributed by atoms with Crippen molar-refractivity contribution in [3.63, 3.8) is 0 Å². The summed E-state index contributed by atoms with van der Waals surface area (Å²) in [5.41, 5.74) is 1.61. The molecule has 0 saturated carbocycles. The van der Waals surface area contributed by atoms with Crippen molar-refractivity contribution in [1.82, 2.24) is 14.9 Å². The first-order valence-corrected chi connectivity index (χ1v) is 7.66. The van der Waals surface area contributed by atoms with Crippen LogP contribution >= 0.6 is 0 Å². The average molecular weight is 328 g/mol. The lowest BCUT2D eigenvalue weighted by atomic mass is 10.1. The smallest absolute Gasteiger partial charge is 0.277 e. The summed E-state index contributed by atoms with van der Waals surface area (Å²) in [7, 11) is 5.17. The van der Waals surface area contributed by atoms with E-state index in [4.69, 9.17) is 0 Å². The number of carbonyl (C=O) groups excluding carboxylic acids is 1. The molecule has 7 nitrogen and oxygen atoms in total. The molecule has 1 aromatic heterocycles. The number of allylic oxidation sites excluding steroid dienone is 1. The Morgan fingerprint density at radius 3 is 2.71 bits per heavy atom. The van der Waals surface area contributed by atoms with E-state index in [-0.39, 0.29) is 23.8 Å². The second-order valence-electron chi connectivity index (χ2n) is 6.01. The number of quaternary nitrogens is 1. The fourth-order valence-corrected chi connectivity index (χ4v) is 2.30. The zero-order chi connectivity index (χ0) is 17.9. The van der Waals surface area contributed by atoms with Crippen LogP contribution < -0.4 is 4.90 Å². The molecule has 1 aromatic carbocycles. The lowest BCUT2D eigenvalue weighted by molar-refractivity contribution is -0.891. The van der Waals surface area contributed by atoms with Crippen LogP contribution in [0.1, 0.15) is 12.7 Å². The van der Waals surface area contributed by atoms with Gasteiger partial charge in [-0.1, -0.05) is 12.1 Å². The Labute approximate surface area is 140 Å². The van der Waals surface area contributed by atoms with Gasteiger partial charge in [-0.3, -0.25) is 4.79 Å². The van der Waals surface area contributed by atoms with Crippen LogP contribution in [0.2, 0.25) is 0 Å². The summed E-state index contributed by atoms with van der Waals surface area (Å²) in [5.74, 6) is 0.199. The maximum atomic E-state index is 11.8. The zero-order valence-electron chi connectivity index (χ0n) is 14.3. The predicted molar refractivity (Wildman–Crippen MR) is 91.2 cm³/mol. The number of fused-ring (bicyclic) bond motifs is 1. The number of aliphatic hydroxyl groups excluding tert-OH is 1. The highest BCUT2D eigenvalue weighted by Gasteiger charge is 2.25. The lowest BCUT2D eigenvalue weighted by Gasteiger charge is -2.22. The number of aliphatic hydroxyl groups is 1. The first kappa shape index (κ1) is 17.5. The number of nitrogens with one attached hydrogen (secondary N) is 2. The number of amides is 1. The number of H-pyrrole nitrogens is 1. The molecule has 2 atom stereocenters. The topological polar surface area (TPSA) is 97.4 Å². The van der Waals surface area contributed by atoms with Crippen molar-refractivity contribution in [2.75, 3.05) is 27.7 Å². The summed E-state index contributed by atoms with van der Waals surface area (Å²) in [6.45, 7) is 1.99. The highest BCUT2D eigenvalue weighted by atomic mass is 16.3. The Morgan fingerprint density at radius 1 is 1.46 bits per heavy atom. The van der Waals surface area contributed by atoms with Gasteiger partial charge in [0.2, 0.25) is 0 Å². The van der Waals surface area contributed by atoms with Gasteiger partial charge in [0.25, 0.3) is 5.91 Å². The largest absolute Gasteiger partial charge is 0.505 e. The third-order valence-corrected chi connectivity index (χ3v) is 4.07. The molecule has 0 saturated heterocycles. The molecule has 24 heavy (non-hydrogen) atoms. The minimum atomic E-state index is -0.420. The molecule has 7 heteroatoms. The first-order chi connectivity index (χ1) is 11.3. The van der Waals surface area contributed by atoms with Crippen LogP contribution in [0, 0.1) is 11.3 Å². The number of carbonyl (C=O) groups is 1. The molecule has 3 N–H and O–H groups in total. The summed E-state index contributed by atoms with van der Waals surface area (Å²) in [6.07, 6.45) is 0. The number of aromatic amines is 1. The maximum Gasteiger partial charge on any atom is 0.277 e. The van der Waals surface area contributed by atoms with E-state index < -0.39 is 6.04 Å². The lowest BCUT2D eigenvalue weighted by Crippen LogP contribution is -3.13. The quantitative estimate of drug-likeness (QED) is 0.545. The van der Waals surface area contributed by atoms with Gasteiger partial charge in [0, 0.05) is 14.1 Å². The van der Waals surface area contributed by atoms with Crippen LogP contribution in [-0.4, -0.2) is 59.6 Å². The Hall–Kier alpha value is -2.85. The van der Waals surface area contributed by atoms with Gasteiger partial charge in [-0.15, -0.1) is 0 Å². The fourth-order valence-electron chi connectivity index (χ4n) is 2.30. The monoisotopic (exact) mass is 328 g/mol. The molecule has 1 heterocycles. The summed E-state index contributed by atoms with van der Waals surface area (Å²) in [6, 6.07) is 9.01. The summed E-state index contributed by atoms with van der Waals surface area (Å²) >= 11 is 0. The number of aromatic nitrogens is 2. The van der Waals surface area contributed by atoms with Gasteiger partial charge >= 0.3 is 0 Å². The van der Waals surface area contributed by atoms with E-state index in [1.165, 1.54) is 4.90 Å². The van der Waals surface area contributed by atoms with Crippen LogP contribution in [-0.2, 0) is 4.79 Å². The van der Waals surface area contributed by atoms with Gasteiger partial charge in [0.05, 0.1) is 18.1 Å². The third-order valence-electron chi connectivity index (χ3n) is 4.07. The summed E-state index contributed by atoms with van der Waals surface area (Å²) in [4.78, 5) is 21.5. The number of rotatable bonds is 5. The normalized spacial score (nSPS) is 14.6. The van der Waals surface area contributed by atoms with Crippen molar-refractivity contribution in [1.29, 1.82) is 5.26 Å². The number of likely N-dealkylation sites (N-methyl/N-ethyl adjacent to an activating group) is 2. The molecule has 2 rings (SSSR count). The predicted octanol–water partition coefficient (Wildman–Crippen LogP) is 0.347. The van der Waals surface area contributed by atoms with E-state index in [0.29, 0.717) is 5.82 Å². The van der Waals surface area contributed by atoms with Gasteiger partial charge < -0.3 is 19.9 Å². The number of nitrogens with zero attached hydrogens (tertiary/aromatic N) is 3. The van der Waals surface area contributed by atoms with Crippen molar-refractivity contribution in [2.45, 2.75) is 13.0 Å². The van der Waals surface area contributed by atoms with E-state index in [2.05, 4.69) is 9.97 Å². The van der Waals surface area contributed by atoms with E-state index >= 15 is 0 Å². The van der Waals surface area contributed by atoms with Gasteiger partial charge in [-0.05, 0) is 19.1 Å². The fraction of sp³-hybridized carbons (Fsp3) is 0.353. The van der Waals surface area contributed by atoms with Crippen LogP contribution in [0.15, 0.2) is 30.0 Å². The van der Waals surface area contributed by atoms with E-state index in [1.807, 2.05) is 30.3 Å². The SMILES string of the molecule is C[C@@H](/C(O)=C(\C#N)c1nc2ccccc2[nH]1)[NH+](C)CC(=O)N(C)C. The van der Waals surface area contributed by atoms with Crippen molar-refractivity contribution in [3.05, 3.63) is 35.8 Å². The number of hydrogen-bond donors (Lipinski definition) is 3. The third kappa shape index (κ3) is 3.55. The number of nitriles is 1. The molecule has 2 aromatic rings. The average Bonchev–Trinajstić information content (AvgIpc) is 2.97. The number of imidazole rings is 1. The van der Waals surface area contributed by atoms with Crippen LogP contribution in [0.5, 0.6) is 0 Å².